The number of hydrogen-bond acceptors (Lipinski definition) is 7. The monoisotopic (exact) mass is 499 g/mol. The van der Waals surface area contributed by atoms with Gasteiger partial charge in [0.25, 0.3) is 0 Å². The van der Waals surface area contributed by atoms with Crippen molar-refractivity contribution in [2.75, 3.05) is 30.4 Å². The first-order chi connectivity index (χ1) is 16.6. The zero-order chi connectivity index (χ0) is 25.3. The highest BCUT2D eigenvalue weighted by Gasteiger charge is 2.35. The molecule has 10 heteroatoms. The van der Waals surface area contributed by atoms with E-state index in [1.807, 2.05) is 68.6 Å². The van der Waals surface area contributed by atoms with Crippen molar-refractivity contribution < 1.29 is 9.53 Å². The largest absolute Gasteiger partial charge is 0.444 e. The highest BCUT2D eigenvalue weighted by molar-refractivity contribution is 6.32. The molecule has 3 aromatic rings. The minimum atomic E-state index is -0.509. The Balaban J connectivity index is 1.50. The summed E-state index contributed by atoms with van der Waals surface area (Å²) >= 11 is 6.54. The molecule has 1 fully saturated rings. The molecule has 0 aliphatic carbocycles. The molecule has 35 heavy (non-hydrogen) atoms. The van der Waals surface area contributed by atoms with E-state index in [9.17, 15) is 4.79 Å². The number of halogens is 1. The van der Waals surface area contributed by atoms with E-state index in [-0.39, 0.29) is 18.1 Å². The van der Waals surface area contributed by atoms with Gasteiger partial charge in [0.05, 0.1) is 6.20 Å². The highest BCUT2D eigenvalue weighted by Crippen LogP contribution is 2.32. The predicted molar refractivity (Wildman–Crippen MR) is 139 cm³/mol. The van der Waals surface area contributed by atoms with Crippen LogP contribution in [0.25, 0.3) is 5.65 Å². The maximum absolute atomic E-state index is 12.6. The summed E-state index contributed by atoms with van der Waals surface area (Å²) < 4.78 is 7.60. The number of aromatic nitrogens is 4. The zero-order valence-corrected chi connectivity index (χ0v) is 22.0. The van der Waals surface area contributed by atoms with Crippen LogP contribution in [0.2, 0.25) is 5.02 Å². The summed E-state index contributed by atoms with van der Waals surface area (Å²) in [6, 6.07) is 4.10. The predicted octanol–water partition coefficient (Wildman–Crippen LogP) is 5.30. The Morgan fingerprint density at radius 3 is 2.80 bits per heavy atom. The van der Waals surface area contributed by atoms with Crippen molar-refractivity contribution in [3.05, 3.63) is 41.4 Å². The third-order valence-corrected chi connectivity index (χ3v) is 6.65. The number of carbonyl (C=O) groups excluding carboxylic acids is 1. The molecular weight excluding hydrogens is 466 g/mol. The number of piperidine rings is 1. The van der Waals surface area contributed by atoms with Gasteiger partial charge in [-0.3, -0.25) is 0 Å². The summed E-state index contributed by atoms with van der Waals surface area (Å²) in [4.78, 5) is 30.1. The van der Waals surface area contributed by atoms with Gasteiger partial charge >= 0.3 is 6.09 Å². The number of amides is 1. The summed E-state index contributed by atoms with van der Waals surface area (Å²) in [5, 5.41) is 3.76. The third kappa shape index (κ3) is 5.61. The highest BCUT2D eigenvalue weighted by atomic mass is 35.5. The average Bonchev–Trinajstić information content (AvgIpc) is 3.18. The Bertz CT molecular complexity index is 1210. The first-order valence-electron chi connectivity index (χ1n) is 12.0. The fraction of sp³-hybridized carbons (Fsp3) is 0.520. The Hall–Kier alpha value is -3.07. The number of carbonyl (C=O) groups is 1. The Morgan fingerprint density at radius 2 is 2.09 bits per heavy atom. The van der Waals surface area contributed by atoms with Crippen molar-refractivity contribution in [2.45, 2.75) is 59.1 Å². The lowest BCUT2D eigenvalue weighted by molar-refractivity contribution is 0.0144. The van der Waals surface area contributed by atoms with E-state index < -0.39 is 5.60 Å². The molecule has 1 saturated heterocycles. The summed E-state index contributed by atoms with van der Waals surface area (Å²) in [6.45, 7) is 11.1. The number of anilines is 3. The van der Waals surface area contributed by atoms with Crippen LogP contribution in [0.3, 0.4) is 0 Å². The van der Waals surface area contributed by atoms with E-state index in [4.69, 9.17) is 21.3 Å². The van der Waals surface area contributed by atoms with Gasteiger partial charge in [-0.25, -0.2) is 14.8 Å². The second-order valence-corrected chi connectivity index (χ2v) is 10.5. The fourth-order valence-electron chi connectivity index (χ4n) is 4.56. The van der Waals surface area contributed by atoms with Gasteiger partial charge < -0.3 is 24.3 Å². The maximum Gasteiger partial charge on any atom is 0.410 e. The zero-order valence-electron chi connectivity index (χ0n) is 21.2. The number of ether oxygens (including phenoxy) is 1. The molecule has 2 unspecified atom stereocenters. The number of fused-ring (bicyclic) bond motifs is 1. The van der Waals surface area contributed by atoms with Gasteiger partial charge in [-0.2, -0.15) is 4.98 Å². The number of hydrogen-bond donors (Lipinski definition) is 1. The number of nitrogens with zero attached hydrogens (tertiary/aromatic N) is 6. The summed E-state index contributed by atoms with van der Waals surface area (Å²) in [5.41, 5.74) is 2.25. The molecule has 0 spiro atoms. The van der Waals surface area contributed by atoms with E-state index in [0.717, 1.165) is 29.9 Å². The van der Waals surface area contributed by atoms with E-state index in [2.05, 4.69) is 27.1 Å². The van der Waals surface area contributed by atoms with Gasteiger partial charge in [0.1, 0.15) is 16.3 Å². The molecule has 0 aromatic carbocycles. The molecule has 4 rings (SSSR count). The lowest BCUT2D eigenvalue weighted by atomic mass is 9.89. The maximum atomic E-state index is 12.6. The lowest BCUT2D eigenvalue weighted by Gasteiger charge is -2.43. The van der Waals surface area contributed by atoms with Crippen molar-refractivity contribution in [1.82, 2.24) is 24.3 Å². The van der Waals surface area contributed by atoms with Crippen LogP contribution in [0, 0.1) is 12.8 Å². The minimum absolute atomic E-state index is 0.184. The van der Waals surface area contributed by atoms with Crippen molar-refractivity contribution in [3.8, 4) is 0 Å². The van der Waals surface area contributed by atoms with Crippen molar-refractivity contribution in [3.63, 3.8) is 0 Å². The van der Waals surface area contributed by atoms with Crippen LogP contribution in [0.4, 0.5) is 22.2 Å². The molecule has 1 N–H and O–H groups in total. The Morgan fingerprint density at radius 1 is 1.31 bits per heavy atom. The van der Waals surface area contributed by atoms with Crippen LogP contribution >= 0.6 is 11.6 Å². The Labute approximate surface area is 211 Å². The molecular formula is C25H34ClN7O2. The van der Waals surface area contributed by atoms with Gasteiger partial charge in [0, 0.05) is 56.0 Å². The molecule has 1 aliphatic heterocycles. The van der Waals surface area contributed by atoms with Crippen LogP contribution in [-0.4, -0.2) is 62.1 Å². The van der Waals surface area contributed by atoms with E-state index in [1.165, 1.54) is 0 Å². The smallest absolute Gasteiger partial charge is 0.410 e. The number of imidazole rings is 1. The summed E-state index contributed by atoms with van der Waals surface area (Å²) in [5.74, 6) is 1.38. The Kier molecular flexibility index (Phi) is 7.07. The average molecular weight is 500 g/mol. The van der Waals surface area contributed by atoms with Gasteiger partial charge in [-0.15, -0.1) is 0 Å². The number of aryl methyl sites for hydroxylation is 1. The third-order valence-electron chi connectivity index (χ3n) is 6.38. The van der Waals surface area contributed by atoms with Crippen LogP contribution in [0.5, 0.6) is 0 Å². The first kappa shape index (κ1) is 25.0. The van der Waals surface area contributed by atoms with Gasteiger partial charge in [-0.1, -0.05) is 18.5 Å². The van der Waals surface area contributed by atoms with Crippen LogP contribution in [0.15, 0.2) is 30.7 Å². The van der Waals surface area contributed by atoms with Gasteiger partial charge in [0.2, 0.25) is 5.95 Å². The second-order valence-electron chi connectivity index (χ2n) is 10.1. The molecule has 0 saturated carbocycles. The van der Waals surface area contributed by atoms with Crippen LogP contribution < -0.4 is 10.2 Å². The normalized spacial score (nSPS) is 18.5. The van der Waals surface area contributed by atoms with Gasteiger partial charge in [0.15, 0.2) is 5.82 Å². The van der Waals surface area contributed by atoms with Crippen LogP contribution in [0.1, 0.15) is 46.2 Å². The van der Waals surface area contributed by atoms with Crippen LogP contribution in [-0.2, 0) is 4.74 Å². The second kappa shape index (κ2) is 9.89. The minimum Gasteiger partial charge on any atom is -0.444 e. The van der Waals surface area contributed by atoms with E-state index in [0.29, 0.717) is 29.9 Å². The van der Waals surface area contributed by atoms with Crippen molar-refractivity contribution in [2.24, 2.45) is 5.92 Å². The molecule has 0 radical (unpaired) electrons. The first-order valence-corrected chi connectivity index (χ1v) is 12.4. The number of rotatable bonds is 5. The molecule has 188 valence electrons. The molecule has 4 heterocycles. The molecule has 1 aliphatic rings. The number of pyridine rings is 1. The quantitative estimate of drug-likeness (QED) is 0.509. The van der Waals surface area contributed by atoms with E-state index in [1.54, 1.807) is 6.20 Å². The number of nitrogens with one attached hydrogen (secondary N) is 1. The standard InChI is InChI=1S/C25H34ClN7O2/c1-7-17-15-32(24(34)35-25(3,4)5)10-9-20(17)31(6)22-19(26)14-28-23(30-22)29-18-8-11-33-16(2)13-27-21(33)12-18/h8,11-14,17,20H,7,9-10,15H2,1-6H3,(H,28,29,30). The number of likely N-dealkylation sites (tertiary alicyclic amines) is 1. The van der Waals surface area contributed by atoms with Crippen molar-refractivity contribution >= 4 is 40.8 Å². The lowest BCUT2D eigenvalue weighted by Crippen LogP contribution is -2.52. The topological polar surface area (TPSA) is 87.9 Å². The molecule has 9 nitrogen and oxygen atoms in total. The summed E-state index contributed by atoms with van der Waals surface area (Å²) in [6.07, 6.45) is 6.89. The van der Waals surface area contributed by atoms with Crippen molar-refractivity contribution in [1.29, 1.82) is 0 Å². The fourth-order valence-corrected chi connectivity index (χ4v) is 4.78. The molecule has 2 atom stereocenters. The van der Waals surface area contributed by atoms with E-state index >= 15 is 0 Å². The molecule has 1 amide bonds. The van der Waals surface area contributed by atoms with Gasteiger partial charge in [-0.05, 0) is 52.5 Å². The molecule has 3 aromatic heterocycles. The molecule has 0 bridgehead atoms. The summed E-state index contributed by atoms with van der Waals surface area (Å²) in [7, 11) is 2.01. The SMILES string of the molecule is CCC1CN(C(=O)OC(C)(C)C)CCC1N(C)c1nc(Nc2ccn3c(C)cnc3c2)ncc1Cl.